The van der Waals surface area contributed by atoms with Crippen molar-refractivity contribution in [1.29, 1.82) is 0 Å². The number of fused-ring (bicyclic) bond motifs is 7. The molecule has 2 saturated heterocycles. The van der Waals surface area contributed by atoms with Crippen LogP contribution in [0.1, 0.15) is 225 Å². The van der Waals surface area contributed by atoms with E-state index in [0.717, 1.165) is 99.6 Å². The highest BCUT2D eigenvalue weighted by Crippen LogP contribution is 2.64. The summed E-state index contributed by atoms with van der Waals surface area (Å²) in [4.78, 5) is 3.38. The number of rotatable bonds is 7. The monoisotopic (exact) mass is 800 g/mol. The Labute approximate surface area is 356 Å². The van der Waals surface area contributed by atoms with Crippen LogP contribution in [-0.2, 0) is 4.74 Å². The number of ether oxygens (including phenoxy) is 1. The Kier molecular flexibility index (Phi) is 12.8. The summed E-state index contributed by atoms with van der Waals surface area (Å²) in [5, 5.41) is 1.96. The van der Waals surface area contributed by atoms with Crippen molar-refractivity contribution < 1.29 is 4.74 Å². The van der Waals surface area contributed by atoms with E-state index in [1.807, 2.05) is 0 Å². The van der Waals surface area contributed by atoms with Crippen LogP contribution in [0, 0.1) is 71.0 Å². The predicted molar refractivity (Wildman–Crippen MR) is 241 cm³/mol. The van der Waals surface area contributed by atoms with Gasteiger partial charge in [0.15, 0.2) is 0 Å². The van der Waals surface area contributed by atoms with E-state index in [2.05, 4.69) is 16.7 Å². The third-order valence-electron chi connectivity index (χ3n) is 21.6. The summed E-state index contributed by atoms with van der Waals surface area (Å²) in [6.45, 7) is 0. The molecular formula is C54H89NOS. The molecular weight excluding hydrogens is 711 g/mol. The molecule has 0 N–H and O–H groups in total. The highest BCUT2D eigenvalue weighted by Gasteiger charge is 2.60. The zero-order valence-corrected chi connectivity index (χ0v) is 37.8. The number of thioether (sulfide) groups is 1. The normalized spacial score (nSPS) is 50.2. The van der Waals surface area contributed by atoms with E-state index in [1.165, 1.54) is 83.5 Å². The Morgan fingerprint density at radius 1 is 0.298 bits per heavy atom. The van der Waals surface area contributed by atoms with Gasteiger partial charge in [-0.05, 0) is 194 Å². The Bertz CT molecular complexity index is 1230. The zero-order chi connectivity index (χ0) is 37.7. The Morgan fingerprint density at radius 3 is 1.47 bits per heavy atom. The molecule has 0 aromatic heterocycles. The number of hydrogen-bond acceptors (Lipinski definition) is 3. The highest BCUT2D eigenvalue weighted by atomic mass is 32.2. The molecule has 11 fully saturated rings. The van der Waals surface area contributed by atoms with Gasteiger partial charge < -0.3 is 4.74 Å². The first-order chi connectivity index (χ1) is 28.2. The molecule has 9 aliphatic carbocycles. The summed E-state index contributed by atoms with van der Waals surface area (Å²) >= 11 is 2.60. The Hall–Kier alpha value is 0.270. The van der Waals surface area contributed by atoms with Crippen LogP contribution in [0.5, 0.6) is 0 Å². The zero-order valence-electron chi connectivity index (χ0n) is 37.0. The average molecular weight is 800 g/mol. The summed E-state index contributed by atoms with van der Waals surface area (Å²) < 4.78 is 6.87. The minimum Gasteiger partial charge on any atom is -0.374 e. The molecule has 2 aliphatic heterocycles. The van der Waals surface area contributed by atoms with Crippen LogP contribution in [0.4, 0.5) is 0 Å². The lowest BCUT2D eigenvalue weighted by atomic mass is 9.61. The topological polar surface area (TPSA) is 12.5 Å². The molecule has 11 aliphatic rings. The van der Waals surface area contributed by atoms with E-state index in [-0.39, 0.29) is 0 Å². The van der Waals surface area contributed by atoms with Crippen LogP contribution < -0.4 is 0 Å². The first-order valence-corrected chi connectivity index (χ1v) is 28.3. The molecule has 0 spiro atoms. The van der Waals surface area contributed by atoms with Crippen LogP contribution >= 0.6 is 11.8 Å². The fourth-order valence-electron chi connectivity index (χ4n) is 18.9. The molecule has 0 radical (unpaired) electrons. The molecule has 2 nitrogen and oxygen atoms in total. The maximum atomic E-state index is 6.87. The van der Waals surface area contributed by atoms with Crippen LogP contribution in [0.2, 0.25) is 0 Å². The number of hydrogen-bond donors (Lipinski definition) is 0. The fraction of sp³-hybridized carbons (Fsp3) is 1.00. The summed E-state index contributed by atoms with van der Waals surface area (Å²) in [5.41, 5.74) is 0. The van der Waals surface area contributed by atoms with Crippen LogP contribution in [-0.4, -0.2) is 45.7 Å². The molecule has 3 heteroatoms. The van der Waals surface area contributed by atoms with Gasteiger partial charge in [0.05, 0.1) is 12.2 Å². The predicted octanol–water partition coefficient (Wildman–Crippen LogP) is 14.8. The van der Waals surface area contributed by atoms with Crippen molar-refractivity contribution in [2.75, 3.05) is 0 Å². The van der Waals surface area contributed by atoms with Gasteiger partial charge in [-0.1, -0.05) is 96.3 Å². The standard InChI is InChI=1S/C54H89NOS/c1-3-11-36(12-4-1)38-25-29-43(30-26-38)55(44-31-27-39(28-32-44)37-13-5-2-6-14-37)45-16-9-15-42(35-45)40-21-23-41(24-22-40)46-18-10-19-47-48-33-34-51-52(54(48)57-53(46)47)49-17-7-8-20-50(49)56-51/h36-54H,1-35H2. The van der Waals surface area contributed by atoms with E-state index in [9.17, 15) is 0 Å². The molecule has 11 unspecified atom stereocenters. The van der Waals surface area contributed by atoms with Gasteiger partial charge in [0.25, 0.3) is 0 Å². The Balaban J connectivity index is 0.727. The van der Waals surface area contributed by atoms with Crippen LogP contribution in [0.15, 0.2) is 0 Å². The number of nitrogens with zero attached hydrogens (tertiary/aromatic N) is 1. The van der Waals surface area contributed by atoms with Gasteiger partial charge in [0.1, 0.15) is 0 Å². The van der Waals surface area contributed by atoms with Crippen molar-refractivity contribution in [3.63, 3.8) is 0 Å². The van der Waals surface area contributed by atoms with E-state index < -0.39 is 0 Å². The van der Waals surface area contributed by atoms with Crippen molar-refractivity contribution in [1.82, 2.24) is 4.90 Å². The third-order valence-corrected chi connectivity index (χ3v) is 23.5. The van der Waals surface area contributed by atoms with Gasteiger partial charge in [-0.3, -0.25) is 4.90 Å². The lowest BCUT2D eigenvalue weighted by molar-refractivity contribution is -0.0174. The largest absolute Gasteiger partial charge is 0.374 e. The summed E-state index contributed by atoms with van der Waals surface area (Å²) in [5.74, 6) is 12.4. The van der Waals surface area contributed by atoms with Crippen LogP contribution in [0.3, 0.4) is 0 Å². The van der Waals surface area contributed by atoms with E-state index in [4.69, 9.17) is 4.74 Å². The maximum absolute atomic E-state index is 6.87. The van der Waals surface area contributed by atoms with Gasteiger partial charge in [-0.2, -0.15) is 11.8 Å². The minimum atomic E-state index is 0.629. The Morgan fingerprint density at radius 2 is 0.789 bits per heavy atom. The molecule has 9 saturated carbocycles. The first kappa shape index (κ1) is 40.1. The van der Waals surface area contributed by atoms with E-state index in [0.29, 0.717) is 12.2 Å². The average Bonchev–Trinajstić information content (AvgIpc) is 3.87. The van der Waals surface area contributed by atoms with Crippen molar-refractivity contribution in [2.24, 2.45) is 71.0 Å². The third kappa shape index (κ3) is 8.19. The molecule has 0 bridgehead atoms. The van der Waals surface area contributed by atoms with Gasteiger partial charge in [0, 0.05) is 34.5 Å². The minimum absolute atomic E-state index is 0.629. The molecule has 57 heavy (non-hydrogen) atoms. The second-order valence-corrected chi connectivity index (χ2v) is 25.3. The molecule has 0 aromatic carbocycles. The van der Waals surface area contributed by atoms with Gasteiger partial charge in [-0.25, -0.2) is 0 Å². The van der Waals surface area contributed by atoms with Crippen molar-refractivity contribution >= 4 is 11.8 Å². The lowest BCUT2D eigenvalue weighted by Crippen LogP contribution is -2.54. The van der Waals surface area contributed by atoms with Gasteiger partial charge in [0.2, 0.25) is 0 Å². The summed E-state index contributed by atoms with van der Waals surface area (Å²) in [7, 11) is 0. The van der Waals surface area contributed by atoms with Gasteiger partial charge in [-0.15, -0.1) is 0 Å². The quantitative estimate of drug-likeness (QED) is 0.255. The first-order valence-electron chi connectivity index (χ1n) is 27.3. The second kappa shape index (κ2) is 18.2. The lowest BCUT2D eigenvalue weighted by Gasteiger charge is -2.52. The van der Waals surface area contributed by atoms with Crippen molar-refractivity contribution in [3.05, 3.63) is 0 Å². The summed E-state index contributed by atoms with van der Waals surface area (Å²) in [6, 6.07) is 2.75. The smallest absolute Gasteiger partial charge is 0.0621 e. The molecule has 0 amide bonds. The molecule has 11 rings (SSSR count). The maximum Gasteiger partial charge on any atom is 0.0621 e. The van der Waals surface area contributed by atoms with Crippen molar-refractivity contribution in [2.45, 2.75) is 266 Å². The van der Waals surface area contributed by atoms with E-state index >= 15 is 0 Å². The highest BCUT2D eigenvalue weighted by molar-refractivity contribution is 8.00. The fourth-order valence-corrected chi connectivity index (χ4v) is 21.4. The SMILES string of the molecule is C1CCC(C2CCC(N(C3CCC(C4CCCCC4)CC3)C3CCCC(C4CCC(C5CCCC6C7CCC8OC9CCCCC9C8C7SC56)CC4)C3)CC2)CC1. The molecule has 2 heterocycles. The van der Waals surface area contributed by atoms with E-state index in [1.54, 1.807) is 141 Å². The molecule has 11 atom stereocenters. The van der Waals surface area contributed by atoms with Gasteiger partial charge >= 0.3 is 0 Å². The molecule has 322 valence electrons. The van der Waals surface area contributed by atoms with Crippen LogP contribution in [0.25, 0.3) is 0 Å². The van der Waals surface area contributed by atoms with Crippen molar-refractivity contribution in [3.8, 4) is 0 Å². The second-order valence-electron chi connectivity index (χ2n) is 23.9. The summed E-state index contributed by atoms with van der Waals surface area (Å²) in [6.07, 6.45) is 55.2. The molecule has 0 aromatic rings.